The van der Waals surface area contributed by atoms with Crippen molar-refractivity contribution in [2.24, 2.45) is 5.73 Å². The van der Waals surface area contributed by atoms with E-state index in [4.69, 9.17) is 10.5 Å². The minimum Gasteiger partial charge on any atom is -0.457 e. The zero-order valence-electron chi connectivity index (χ0n) is 15.8. The van der Waals surface area contributed by atoms with Gasteiger partial charge in [0.2, 0.25) is 0 Å². The van der Waals surface area contributed by atoms with Crippen LogP contribution in [0.25, 0.3) is 10.9 Å². The van der Waals surface area contributed by atoms with Crippen molar-refractivity contribution in [2.75, 3.05) is 18.5 Å². The number of hydrogen-bond donors (Lipinski definition) is 2. The molecule has 10 nitrogen and oxygen atoms in total. The van der Waals surface area contributed by atoms with Gasteiger partial charge >= 0.3 is 18.2 Å². The van der Waals surface area contributed by atoms with Crippen molar-refractivity contribution < 1.29 is 23.9 Å². The minimum absolute atomic E-state index is 0.275. The SMILES string of the molecule is CCNC(=O)N(C)c1cc(Oc2ccc3c(ccn3C(=O)OC(N)=O)c2)ccn1. The smallest absolute Gasteiger partial charge is 0.427 e. The van der Waals surface area contributed by atoms with Gasteiger partial charge in [0, 0.05) is 37.4 Å². The summed E-state index contributed by atoms with van der Waals surface area (Å²) < 4.78 is 11.4. The maximum Gasteiger partial charge on any atom is 0.427 e. The van der Waals surface area contributed by atoms with Crippen LogP contribution in [0.3, 0.4) is 0 Å². The van der Waals surface area contributed by atoms with Gasteiger partial charge in [-0.05, 0) is 37.3 Å². The fourth-order valence-electron chi connectivity index (χ4n) is 2.64. The lowest BCUT2D eigenvalue weighted by Crippen LogP contribution is -2.37. The average Bonchev–Trinajstić information content (AvgIpc) is 3.10. The first-order valence-electron chi connectivity index (χ1n) is 8.67. The molecule has 10 heteroatoms. The van der Waals surface area contributed by atoms with E-state index in [2.05, 4.69) is 15.0 Å². The number of benzene rings is 1. The number of hydrogen-bond acceptors (Lipinski definition) is 6. The molecule has 0 aliphatic rings. The van der Waals surface area contributed by atoms with E-state index in [9.17, 15) is 14.4 Å². The summed E-state index contributed by atoms with van der Waals surface area (Å²) in [6.07, 6.45) is 0.928. The first-order chi connectivity index (χ1) is 13.9. The van der Waals surface area contributed by atoms with E-state index in [-0.39, 0.29) is 6.03 Å². The maximum atomic E-state index is 11.9. The Hall–Kier alpha value is -4.08. The Kier molecular flexibility index (Phi) is 5.63. The molecule has 1 aromatic carbocycles. The number of carbonyl (C=O) groups is 3. The Morgan fingerprint density at radius 3 is 2.66 bits per heavy atom. The summed E-state index contributed by atoms with van der Waals surface area (Å²) in [5.74, 6) is 1.42. The van der Waals surface area contributed by atoms with Crippen molar-refractivity contribution in [3.8, 4) is 11.5 Å². The molecule has 0 aliphatic heterocycles. The first kappa shape index (κ1) is 19.7. The number of nitrogens with zero attached hydrogens (tertiary/aromatic N) is 3. The van der Waals surface area contributed by atoms with Crippen LogP contribution in [0.15, 0.2) is 48.8 Å². The first-order valence-corrected chi connectivity index (χ1v) is 8.67. The number of primary amides is 1. The number of pyridine rings is 1. The number of carbonyl (C=O) groups excluding carboxylic acids is 3. The Balaban J connectivity index is 1.80. The summed E-state index contributed by atoms with van der Waals surface area (Å²) in [5, 5.41) is 3.39. The highest BCUT2D eigenvalue weighted by Gasteiger charge is 2.14. The fraction of sp³-hybridized carbons (Fsp3) is 0.158. The van der Waals surface area contributed by atoms with Crippen LogP contribution in [-0.2, 0) is 4.74 Å². The van der Waals surface area contributed by atoms with E-state index in [0.717, 1.165) is 4.57 Å². The van der Waals surface area contributed by atoms with E-state index < -0.39 is 12.2 Å². The van der Waals surface area contributed by atoms with Gasteiger partial charge in [0.15, 0.2) is 0 Å². The number of nitrogens with one attached hydrogen (secondary N) is 1. The van der Waals surface area contributed by atoms with E-state index in [1.165, 1.54) is 17.3 Å². The molecule has 0 saturated heterocycles. The molecule has 3 N–H and O–H groups in total. The third kappa shape index (κ3) is 4.43. The number of urea groups is 1. The third-order valence-electron chi connectivity index (χ3n) is 3.98. The molecule has 2 aromatic heterocycles. The Labute approximate surface area is 165 Å². The summed E-state index contributed by atoms with van der Waals surface area (Å²) in [7, 11) is 1.61. The van der Waals surface area contributed by atoms with Gasteiger partial charge in [-0.1, -0.05) is 0 Å². The highest BCUT2D eigenvalue weighted by Crippen LogP contribution is 2.28. The zero-order valence-corrected chi connectivity index (χ0v) is 15.8. The lowest BCUT2D eigenvalue weighted by Gasteiger charge is -2.17. The molecule has 2 heterocycles. The normalized spacial score (nSPS) is 10.4. The standard InChI is InChI=1S/C19H19N5O5/c1-3-21-18(26)23(2)16-11-14(6-8-22-16)28-13-4-5-15-12(10-13)7-9-24(15)19(27)29-17(20)25/h4-11H,3H2,1-2H3,(H2,20,25)(H,21,26). The molecule has 0 radical (unpaired) electrons. The Morgan fingerprint density at radius 2 is 1.93 bits per heavy atom. The third-order valence-corrected chi connectivity index (χ3v) is 3.98. The van der Waals surface area contributed by atoms with Gasteiger partial charge in [0.05, 0.1) is 5.52 Å². The number of anilines is 1. The van der Waals surface area contributed by atoms with Crippen LogP contribution >= 0.6 is 0 Å². The second kappa shape index (κ2) is 8.30. The second-order valence-corrected chi connectivity index (χ2v) is 5.94. The van der Waals surface area contributed by atoms with Gasteiger partial charge in [0.1, 0.15) is 17.3 Å². The summed E-state index contributed by atoms with van der Waals surface area (Å²) in [5.41, 5.74) is 5.40. The van der Waals surface area contributed by atoms with Crippen LogP contribution in [0.2, 0.25) is 0 Å². The topological polar surface area (TPSA) is 129 Å². The van der Waals surface area contributed by atoms with Crippen molar-refractivity contribution in [1.82, 2.24) is 14.9 Å². The van der Waals surface area contributed by atoms with Crippen molar-refractivity contribution in [3.63, 3.8) is 0 Å². The van der Waals surface area contributed by atoms with Crippen LogP contribution in [0.5, 0.6) is 11.5 Å². The second-order valence-electron chi connectivity index (χ2n) is 5.94. The molecule has 0 fully saturated rings. The van der Waals surface area contributed by atoms with E-state index in [1.807, 2.05) is 6.92 Å². The Bertz CT molecular complexity index is 1080. The van der Waals surface area contributed by atoms with E-state index in [1.54, 1.807) is 43.4 Å². The number of amides is 3. The summed E-state index contributed by atoms with van der Waals surface area (Å²) in [6, 6.07) is 9.72. The number of ether oxygens (including phenoxy) is 2. The van der Waals surface area contributed by atoms with Crippen LogP contribution in [0.1, 0.15) is 6.92 Å². The molecule has 150 valence electrons. The van der Waals surface area contributed by atoms with Crippen molar-refractivity contribution in [2.45, 2.75) is 6.92 Å². The number of fused-ring (bicyclic) bond motifs is 1. The molecule has 29 heavy (non-hydrogen) atoms. The minimum atomic E-state index is -1.18. The quantitative estimate of drug-likeness (QED) is 0.651. The summed E-state index contributed by atoms with van der Waals surface area (Å²) in [6.45, 7) is 2.34. The van der Waals surface area contributed by atoms with Gasteiger partial charge < -0.3 is 20.5 Å². The van der Waals surface area contributed by atoms with Gasteiger partial charge in [-0.15, -0.1) is 0 Å². The molecule has 0 bridgehead atoms. The molecule has 3 amide bonds. The van der Waals surface area contributed by atoms with Crippen LogP contribution in [0, 0.1) is 0 Å². The zero-order chi connectivity index (χ0) is 21.0. The molecular weight excluding hydrogens is 378 g/mol. The number of aromatic nitrogens is 2. The van der Waals surface area contributed by atoms with Crippen LogP contribution in [0.4, 0.5) is 20.2 Å². The monoisotopic (exact) mass is 397 g/mol. The van der Waals surface area contributed by atoms with E-state index >= 15 is 0 Å². The molecule has 3 aromatic rings. The molecule has 0 atom stereocenters. The van der Waals surface area contributed by atoms with Gasteiger partial charge in [-0.2, -0.15) is 0 Å². The maximum absolute atomic E-state index is 11.9. The average molecular weight is 397 g/mol. The summed E-state index contributed by atoms with van der Waals surface area (Å²) >= 11 is 0. The van der Waals surface area contributed by atoms with E-state index in [0.29, 0.717) is 34.8 Å². The van der Waals surface area contributed by atoms with Gasteiger partial charge in [0.25, 0.3) is 0 Å². The number of rotatable bonds is 4. The lowest BCUT2D eigenvalue weighted by molar-refractivity contribution is 0.159. The highest BCUT2D eigenvalue weighted by atomic mass is 16.6. The highest BCUT2D eigenvalue weighted by molar-refractivity contribution is 5.93. The van der Waals surface area contributed by atoms with Crippen molar-refractivity contribution >= 4 is 34.9 Å². The lowest BCUT2D eigenvalue weighted by atomic mass is 10.2. The molecule has 3 rings (SSSR count). The predicted octanol–water partition coefficient (Wildman–Crippen LogP) is 3.06. The van der Waals surface area contributed by atoms with Gasteiger partial charge in [-0.25, -0.2) is 19.4 Å². The number of nitrogens with two attached hydrogens (primary N) is 1. The largest absolute Gasteiger partial charge is 0.457 e. The van der Waals surface area contributed by atoms with Crippen molar-refractivity contribution in [1.29, 1.82) is 0 Å². The molecular formula is C19H19N5O5. The van der Waals surface area contributed by atoms with Crippen LogP contribution < -0.4 is 20.7 Å². The molecule has 0 unspecified atom stereocenters. The summed E-state index contributed by atoms with van der Waals surface area (Å²) in [4.78, 5) is 40.1. The molecule has 0 spiro atoms. The predicted molar refractivity (Wildman–Crippen MR) is 105 cm³/mol. The molecule has 0 saturated carbocycles. The fourth-order valence-corrected chi connectivity index (χ4v) is 2.64. The molecule has 0 aliphatic carbocycles. The Morgan fingerprint density at radius 1 is 1.17 bits per heavy atom. The van der Waals surface area contributed by atoms with Crippen LogP contribution in [-0.4, -0.2) is 41.4 Å². The van der Waals surface area contributed by atoms with Gasteiger partial charge in [-0.3, -0.25) is 9.47 Å². The van der Waals surface area contributed by atoms with Crippen molar-refractivity contribution in [3.05, 3.63) is 48.8 Å².